The highest BCUT2D eigenvalue weighted by atomic mass is 16.5. The molecule has 0 unspecified atom stereocenters. The fraction of sp³-hybridized carbons (Fsp3) is 1.00. The monoisotopic (exact) mass is 442 g/mol. The number of methoxy groups -OCH3 is 1. The Morgan fingerprint density at radius 1 is 0.633 bits per heavy atom. The van der Waals surface area contributed by atoms with Crippen molar-refractivity contribution >= 4 is 0 Å². The van der Waals surface area contributed by atoms with Crippen LogP contribution in [0, 0.1) is 11.3 Å². The van der Waals surface area contributed by atoms with Gasteiger partial charge < -0.3 is 36.6 Å². The predicted octanol–water partition coefficient (Wildman–Crippen LogP) is 2.91. The van der Waals surface area contributed by atoms with E-state index in [9.17, 15) is 0 Å². The maximum absolute atomic E-state index is 8.40. The fourth-order valence-corrected chi connectivity index (χ4v) is 0.989. The Balaban J connectivity index is -0.0000000892. The Bertz CT molecular complexity index is 273. The van der Waals surface area contributed by atoms with E-state index in [4.69, 9.17) is 36.6 Å². The number of aliphatic hydroxyl groups excluding tert-OH is 4. The summed E-state index contributed by atoms with van der Waals surface area (Å²) in [5.74, 6) is 0.833. The van der Waals surface area contributed by atoms with Gasteiger partial charge in [-0.25, -0.2) is 0 Å². The second kappa shape index (κ2) is 25.0. The minimum atomic E-state index is -0.200. The van der Waals surface area contributed by atoms with Gasteiger partial charge in [-0.05, 0) is 58.3 Å². The minimum Gasteiger partial charge on any atom is -0.396 e. The summed E-state index contributed by atoms with van der Waals surface area (Å²) >= 11 is 0. The van der Waals surface area contributed by atoms with E-state index < -0.39 is 0 Å². The van der Waals surface area contributed by atoms with Crippen LogP contribution in [0.1, 0.15) is 88.5 Å². The van der Waals surface area contributed by atoms with E-state index in [1.165, 1.54) is 0 Å². The molecule has 190 valence electrons. The highest BCUT2D eigenvalue weighted by Gasteiger charge is 2.08. The van der Waals surface area contributed by atoms with Crippen LogP contribution >= 0.6 is 0 Å². The van der Waals surface area contributed by atoms with E-state index >= 15 is 0 Å². The summed E-state index contributed by atoms with van der Waals surface area (Å²) in [6.07, 6.45) is 2.49. The Labute approximate surface area is 188 Å². The number of aliphatic hydroxyl groups is 4. The van der Waals surface area contributed by atoms with Crippen molar-refractivity contribution in [2.45, 2.75) is 99.6 Å². The van der Waals surface area contributed by atoms with Crippen LogP contribution < -0.4 is 11.5 Å². The molecule has 0 rings (SSSR count). The van der Waals surface area contributed by atoms with E-state index in [2.05, 4.69) is 41.5 Å². The predicted molar refractivity (Wildman–Crippen MR) is 131 cm³/mol. The van der Waals surface area contributed by atoms with Crippen molar-refractivity contribution in [3.8, 4) is 0 Å². The number of ether oxygens (including phenoxy) is 1. The smallest absolute Gasteiger partial charge is 0.0662 e. The van der Waals surface area contributed by atoms with E-state index in [1.807, 2.05) is 27.7 Å². The molecule has 0 aromatic heterocycles. The van der Waals surface area contributed by atoms with Gasteiger partial charge in [-0.1, -0.05) is 41.5 Å². The largest absolute Gasteiger partial charge is 0.396 e. The van der Waals surface area contributed by atoms with E-state index in [0.29, 0.717) is 18.4 Å². The standard InChI is InChI=1S/C6H15NO.C6H14O.C5H13NO.C4H10.C2H6O2/c1-6(2,7)4-5-8-3;1-6(2,3)4-5-7;1-5(2,6)3-4-7;1-4(2)3;3-1-2-4/h4-5,7H2,1-3H3;7H,4-5H2,1-3H3;7H,3-4,6H2,1-2H3;4H,1-3H3;3-4H,1-2H2. The molecule has 0 fully saturated rings. The van der Waals surface area contributed by atoms with E-state index in [-0.39, 0.29) is 30.9 Å². The molecular weight excluding hydrogens is 384 g/mol. The van der Waals surface area contributed by atoms with Crippen LogP contribution in [0.3, 0.4) is 0 Å². The van der Waals surface area contributed by atoms with E-state index in [0.717, 1.165) is 25.4 Å². The molecule has 7 nitrogen and oxygen atoms in total. The molecular formula is C23H58N2O5. The van der Waals surface area contributed by atoms with Gasteiger partial charge >= 0.3 is 0 Å². The molecule has 0 radical (unpaired) electrons. The summed E-state index contributed by atoms with van der Waals surface area (Å²) in [7, 11) is 1.69. The van der Waals surface area contributed by atoms with Crippen molar-refractivity contribution < 1.29 is 25.2 Å². The fourth-order valence-electron chi connectivity index (χ4n) is 0.989. The summed E-state index contributed by atoms with van der Waals surface area (Å²) < 4.78 is 4.84. The Morgan fingerprint density at radius 3 is 0.967 bits per heavy atom. The Kier molecular flexibility index (Phi) is 33.4. The quantitative estimate of drug-likeness (QED) is 0.356. The molecule has 0 saturated carbocycles. The second-order valence-electron chi connectivity index (χ2n) is 10.4. The first-order chi connectivity index (χ1) is 13.3. The molecule has 0 aliphatic rings. The first-order valence-electron chi connectivity index (χ1n) is 10.8. The summed E-state index contributed by atoms with van der Waals surface area (Å²) in [6, 6.07) is 0. The zero-order valence-corrected chi connectivity index (χ0v) is 22.1. The van der Waals surface area contributed by atoms with Gasteiger partial charge in [0.1, 0.15) is 0 Å². The van der Waals surface area contributed by atoms with Gasteiger partial charge in [0.2, 0.25) is 0 Å². The average Bonchev–Trinajstić information content (AvgIpc) is 2.51. The second-order valence-corrected chi connectivity index (χ2v) is 10.4. The molecule has 0 spiro atoms. The molecule has 0 amide bonds. The molecule has 0 aliphatic carbocycles. The topological polar surface area (TPSA) is 142 Å². The van der Waals surface area contributed by atoms with Gasteiger partial charge in [-0.15, -0.1) is 0 Å². The summed E-state index contributed by atoms with van der Waals surface area (Å²) in [5.41, 5.74) is 11.2. The molecule has 7 heteroatoms. The van der Waals surface area contributed by atoms with Gasteiger partial charge in [0.05, 0.1) is 13.2 Å². The molecule has 0 atom stereocenters. The lowest BCUT2D eigenvalue weighted by Crippen LogP contribution is -2.32. The highest BCUT2D eigenvalue weighted by molar-refractivity contribution is 4.70. The van der Waals surface area contributed by atoms with Crippen LogP contribution in [0.2, 0.25) is 0 Å². The van der Waals surface area contributed by atoms with Gasteiger partial charge in [-0.2, -0.15) is 0 Å². The zero-order valence-electron chi connectivity index (χ0n) is 22.1. The lowest BCUT2D eigenvalue weighted by molar-refractivity contribution is 0.176. The van der Waals surface area contributed by atoms with Gasteiger partial charge in [0.25, 0.3) is 0 Å². The van der Waals surface area contributed by atoms with Crippen molar-refractivity contribution in [3.05, 3.63) is 0 Å². The van der Waals surface area contributed by atoms with Crippen LogP contribution in [0.4, 0.5) is 0 Å². The SMILES string of the molecule is CC(C)(C)CCO.CC(C)(N)CCO.CC(C)C.COCCC(C)(C)N.OCCO. The van der Waals surface area contributed by atoms with Crippen molar-refractivity contribution in [2.24, 2.45) is 22.8 Å². The van der Waals surface area contributed by atoms with Crippen LogP contribution in [0.15, 0.2) is 0 Å². The maximum Gasteiger partial charge on any atom is 0.0662 e. The third-order valence-corrected chi connectivity index (χ3v) is 2.67. The first-order valence-corrected chi connectivity index (χ1v) is 10.8. The molecule has 0 saturated heterocycles. The maximum atomic E-state index is 8.40. The summed E-state index contributed by atoms with van der Waals surface area (Å²) in [5, 5.41) is 32.0. The Morgan fingerprint density at radius 2 is 0.933 bits per heavy atom. The summed E-state index contributed by atoms with van der Waals surface area (Å²) in [4.78, 5) is 0. The van der Waals surface area contributed by atoms with Crippen molar-refractivity contribution in [3.63, 3.8) is 0 Å². The Hall–Kier alpha value is -0.280. The van der Waals surface area contributed by atoms with Crippen LogP contribution in [0.25, 0.3) is 0 Å². The molecule has 0 aliphatic heterocycles. The zero-order chi connectivity index (χ0) is 25.4. The van der Waals surface area contributed by atoms with Gasteiger partial charge in [0.15, 0.2) is 0 Å². The third kappa shape index (κ3) is 105. The molecule has 8 N–H and O–H groups in total. The number of hydrogen-bond acceptors (Lipinski definition) is 7. The summed E-state index contributed by atoms with van der Waals surface area (Å²) in [6.45, 7) is 21.6. The van der Waals surface area contributed by atoms with Crippen LogP contribution in [0.5, 0.6) is 0 Å². The van der Waals surface area contributed by atoms with Crippen molar-refractivity contribution in [1.29, 1.82) is 0 Å². The lowest BCUT2D eigenvalue weighted by atomic mass is 9.93. The molecule has 0 aromatic rings. The number of rotatable bonds is 7. The van der Waals surface area contributed by atoms with Crippen LogP contribution in [-0.4, -0.2) is 71.6 Å². The molecule has 0 bridgehead atoms. The molecule has 0 heterocycles. The first kappa shape index (κ1) is 40.1. The number of nitrogens with two attached hydrogens (primary N) is 2. The van der Waals surface area contributed by atoms with E-state index in [1.54, 1.807) is 7.11 Å². The molecule has 30 heavy (non-hydrogen) atoms. The third-order valence-electron chi connectivity index (χ3n) is 2.67. The van der Waals surface area contributed by atoms with Gasteiger partial charge in [-0.3, -0.25) is 0 Å². The van der Waals surface area contributed by atoms with Crippen molar-refractivity contribution in [2.75, 3.05) is 40.1 Å². The highest BCUT2D eigenvalue weighted by Crippen LogP contribution is 2.16. The van der Waals surface area contributed by atoms with Crippen molar-refractivity contribution in [1.82, 2.24) is 0 Å². The lowest BCUT2D eigenvalue weighted by Gasteiger charge is -2.16. The normalized spacial score (nSPS) is 11.0. The minimum absolute atomic E-state index is 0.0734. The average molecular weight is 443 g/mol. The number of hydrogen-bond donors (Lipinski definition) is 6. The molecule has 0 aromatic carbocycles. The van der Waals surface area contributed by atoms with Gasteiger partial charge in [0, 0.05) is 38.0 Å². The van der Waals surface area contributed by atoms with Crippen LogP contribution in [-0.2, 0) is 4.74 Å².